The molecule has 6 heteroatoms. The molecule has 3 aromatic rings. The fourth-order valence-corrected chi connectivity index (χ4v) is 4.26. The quantitative estimate of drug-likeness (QED) is 0.351. The number of amides is 1. The number of hydrogen-bond donors (Lipinski definition) is 3. The number of ether oxygens (including phenoxy) is 1. The maximum atomic E-state index is 12.8. The Hall–Kier alpha value is -3.28. The molecular weight excluding hydrogens is 400 g/mol. The van der Waals surface area contributed by atoms with Crippen LogP contribution in [-0.2, 0) is 11.2 Å². The molecule has 2 aromatic carbocycles. The van der Waals surface area contributed by atoms with Gasteiger partial charge in [-0.2, -0.15) is 0 Å². The van der Waals surface area contributed by atoms with Crippen LogP contribution in [0.2, 0.25) is 0 Å². The highest BCUT2D eigenvalue weighted by Crippen LogP contribution is 2.24. The smallest absolute Gasteiger partial charge is 0.229 e. The van der Waals surface area contributed by atoms with E-state index in [2.05, 4.69) is 27.8 Å². The van der Waals surface area contributed by atoms with E-state index in [1.807, 2.05) is 49.5 Å². The molecule has 1 aliphatic rings. The van der Waals surface area contributed by atoms with Crippen molar-refractivity contribution in [1.29, 1.82) is 0 Å². The zero-order chi connectivity index (χ0) is 22.2. The average Bonchev–Trinajstić information content (AvgIpc) is 3.24. The van der Waals surface area contributed by atoms with E-state index in [-0.39, 0.29) is 11.8 Å². The molecule has 1 aromatic heterocycles. The standard InChI is InChI=1S/C26H32N4O2/c1-2-32-22-14-12-21(13-15-22)29-26(30-25(31)19-8-4-3-5-9-19)27-17-16-20-18-28-24-11-7-6-10-23(20)24/h6-7,10-15,18-19,28H,2-5,8-9,16-17H2,1H3,(H2,27,29,30,31). The number of rotatable bonds is 7. The number of aliphatic imine (C=N–C) groups is 1. The van der Waals surface area contributed by atoms with E-state index in [9.17, 15) is 4.79 Å². The largest absolute Gasteiger partial charge is 0.494 e. The zero-order valence-electron chi connectivity index (χ0n) is 18.7. The lowest BCUT2D eigenvalue weighted by atomic mass is 9.89. The maximum Gasteiger partial charge on any atom is 0.229 e. The Kier molecular flexibility index (Phi) is 7.43. The molecule has 168 valence electrons. The molecule has 0 spiro atoms. The summed E-state index contributed by atoms with van der Waals surface area (Å²) in [6, 6.07) is 16.0. The van der Waals surface area contributed by atoms with Gasteiger partial charge in [0.25, 0.3) is 0 Å². The number of nitrogens with zero attached hydrogens (tertiary/aromatic N) is 1. The minimum absolute atomic E-state index is 0.0639. The van der Waals surface area contributed by atoms with Crippen LogP contribution in [0.3, 0.4) is 0 Å². The number of fused-ring (bicyclic) bond motifs is 1. The van der Waals surface area contributed by atoms with Gasteiger partial charge in [0.15, 0.2) is 0 Å². The normalized spacial score (nSPS) is 15.0. The third-order valence-corrected chi connectivity index (χ3v) is 5.97. The van der Waals surface area contributed by atoms with Crippen LogP contribution in [0.15, 0.2) is 59.7 Å². The molecule has 0 radical (unpaired) electrons. The lowest BCUT2D eigenvalue weighted by Crippen LogP contribution is -2.40. The molecule has 6 nitrogen and oxygen atoms in total. The van der Waals surface area contributed by atoms with Crippen molar-refractivity contribution in [3.05, 3.63) is 60.3 Å². The fraction of sp³-hybridized carbons (Fsp3) is 0.385. The number of carbonyl (C=O) groups excluding carboxylic acids is 1. The number of aromatic nitrogens is 1. The summed E-state index contributed by atoms with van der Waals surface area (Å²) in [5, 5.41) is 7.56. The van der Waals surface area contributed by atoms with Gasteiger partial charge in [-0.15, -0.1) is 0 Å². The predicted molar refractivity (Wildman–Crippen MR) is 130 cm³/mol. The highest BCUT2D eigenvalue weighted by Gasteiger charge is 2.22. The minimum Gasteiger partial charge on any atom is -0.494 e. The second-order valence-electron chi connectivity index (χ2n) is 8.25. The van der Waals surface area contributed by atoms with Crippen LogP contribution in [0, 0.1) is 5.92 Å². The van der Waals surface area contributed by atoms with Gasteiger partial charge in [0, 0.05) is 35.2 Å². The van der Waals surface area contributed by atoms with Crippen LogP contribution in [0.4, 0.5) is 5.69 Å². The van der Waals surface area contributed by atoms with Crippen molar-refractivity contribution < 1.29 is 9.53 Å². The average molecular weight is 433 g/mol. The monoisotopic (exact) mass is 432 g/mol. The van der Waals surface area contributed by atoms with Gasteiger partial charge in [0.05, 0.1) is 6.61 Å². The number of hydrogen-bond acceptors (Lipinski definition) is 3. The first-order valence-electron chi connectivity index (χ1n) is 11.6. The molecule has 3 N–H and O–H groups in total. The van der Waals surface area contributed by atoms with Crippen LogP contribution < -0.4 is 15.4 Å². The maximum absolute atomic E-state index is 12.8. The van der Waals surface area contributed by atoms with Gasteiger partial charge in [-0.25, -0.2) is 0 Å². The third-order valence-electron chi connectivity index (χ3n) is 5.97. The van der Waals surface area contributed by atoms with E-state index >= 15 is 0 Å². The van der Waals surface area contributed by atoms with E-state index < -0.39 is 0 Å². The van der Waals surface area contributed by atoms with Crippen LogP contribution in [0.5, 0.6) is 5.75 Å². The van der Waals surface area contributed by atoms with E-state index in [0.717, 1.165) is 49.1 Å². The van der Waals surface area contributed by atoms with Crippen molar-refractivity contribution in [2.24, 2.45) is 10.9 Å². The second kappa shape index (κ2) is 10.8. The van der Waals surface area contributed by atoms with Gasteiger partial charge in [0.2, 0.25) is 11.9 Å². The Bertz CT molecular complexity index is 1050. The molecule has 1 fully saturated rings. The Morgan fingerprint density at radius 2 is 1.88 bits per heavy atom. The van der Waals surface area contributed by atoms with Crippen molar-refractivity contribution in [3.8, 4) is 5.75 Å². The van der Waals surface area contributed by atoms with Crippen molar-refractivity contribution in [2.45, 2.75) is 45.4 Å². The Balaban J connectivity index is 1.45. The number of aromatic amines is 1. The first-order valence-corrected chi connectivity index (χ1v) is 11.6. The summed E-state index contributed by atoms with van der Waals surface area (Å²) in [5.41, 5.74) is 3.22. The second-order valence-corrected chi connectivity index (χ2v) is 8.25. The lowest BCUT2D eigenvalue weighted by Gasteiger charge is -2.21. The first-order chi connectivity index (χ1) is 15.7. The minimum atomic E-state index is 0.0639. The van der Waals surface area contributed by atoms with Gasteiger partial charge in [-0.05, 0) is 62.1 Å². The zero-order valence-corrected chi connectivity index (χ0v) is 18.7. The Morgan fingerprint density at radius 1 is 1.09 bits per heavy atom. The van der Waals surface area contributed by atoms with Gasteiger partial charge in [-0.1, -0.05) is 37.5 Å². The molecule has 32 heavy (non-hydrogen) atoms. The van der Waals surface area contributed by atoms with Gasteiger partial charge in [-0.3, -0.25) is 15.1 Å². The molecule has 0 unspecified atom stereocenters. The Labute approximate surface area is 189 Å². The van der Waals surface area contributed by atoms with Crippen molar-refractivity contribution in [1.82, 2.24) is 10.3 Å². The summed E-state index contributed by atoms with van der Waals surface area (Å²) < 4.78 is 5.52. The summed E-state index contributed by atoms with van der Waals surface area (Å²) >= 11 is 0. The van der Waals surface area contributed by atoms with Crippen molar-refractivity contribution in [2.75, 3.05) is 18.5 Å². The fourth-order valence-electron chi connectivity index (χ4n) is 4.26. The van der Waals surface area contributed by atoms with Crippen LogP contribution >= 0.6 is 0 Å². The highest BCUT2D eigenvalue weighted by atomic mass is 16.5. The van der Waals surface area contributed by atoms with Gasteiger partial charge >= 0.3 is 0 Å². The number of anilines is 1. The van der Waals surface area contributed by atoms with Gasteiger partial charge in [0.1, 0.15) is 5.75 Å². The van der Waals surface area contributed by atoms with E-state index in [1.54, 1.807) is 0 Å². The molecule has 0 bridgehead atoms. The van der Waals surface area contributed by atoms with Crippen molar-refractivity contribution in [3.63, 3.8) is 0 Å². The van der Waals surface area contributed by atoms with E-state index in [0.29, 0.717) is 19.1 Å². The summed E-state index contributed by atoms with van der Waals surface area (Å²) in [4.78, 5) is 20.9. The summed E-state index contributed by atoms with van der Waals surface area (Å²) in [6.45, 7) is 3.17. The van der Waals surface area contributed by atoms with E-state index in [1.165, 1.54) is 17.4 Å². The lowest BCUT2D eigenvalue weighted by molar-refractivity contribution is -0.124. The SMILES string of the molecule is CCOc1ccc(NC(=NCCc2c[nH]c3ccccc23)NC(=O)C2CCCCC2)cc1. The van der Waals surface area contributed by atoms with Crippen LogP contribution in [0.25, 0.3) is 10.9 Å². The molecule has 1 amide bonds. The topological polar surface area (TPSA) is 78.5 Å². The molecule has 1 saturated carbocycles. The molecule has 0 aliphatic heterocycles. The number of benzene rings is 2. The molecule has 0 atom stereocenters. The third kappa shape index (κ3) is 5.69. The van der Waals surface area contributed by atoms with Crippen molar-refractivity contribution >= 4 is 28.5 Å². The number of para-hydroxylation sites is 1. The predicted octanol–water partition coefficient (Wildman–Crippen LogP) is 5.27. The van der Waals surface area contributed by atoms with E-state index in [4.69, 9.17) is 9.73 Å². The molecular formula is C26H32N4O2. The summed E-state index contributed by atoms with van der Waals surface area (Å²) in [6.07, 6.45) is 8.21. The number of nitrogens with one attached hydrogen (secondary N) is 3. The van der Waals surface area contributed by atoms with Gasteiger partial charge < -0.3 is 15.0 Å². The molecule has 1 heterocycles. The summed E-state index contributed by atoms with van der Waals surface area (Å²) in [5.74, 6) is 1.46. The highest BCUT2D eigenvalue weighted by molar-refractivity contribution is 6.04. The first kappa shape index (κ1) is 21.9. The molecule has 1 aliphatic carbocycles. The molecule has 4 rings (SSSR count). The number of carbonyl (C=O) groups is 1. The molecule has 0 saturated heterocycles. The van der Waals surface area contributed by atoms with Crippen LogP contribution in [-0.4, -0.2) is 30.0 Å². The summed E-state index contributed by atoms with van der Waals surface area (Å²) in [7, 11) is 0. The number of H-pyrrole nitrogens is 1. The Morgan fingerprint density at radius 3 is 2.66 bits per heavy atom. The number of guanidine groups is 1. The van der Waals surface area contributed by atoms with Crippen LogP contribution in [0.1, 0.15) is 44.6 Å².